The minimum absolute atomic E-state index is 0.252. The van der Waals surface area contributed by atoms with E-state index in [0.717, 1.165) is 28.8 Å². The number of nitrogen functional groups attached to an aromatic ring is 1. The van der Waals surface area contributed by atoms with Crippen molar-refractivity contribution in [3.05, 3.63) is 35.1 Å². The molecule has 0 spiro atoms. The molecule has 18 heavy (non-hydrogen) atoms. The predicted octanol–water partition coefficient (Wildman–Crippen LogP) is 3.57. The van der Waals surface area contributed by atoms with Gasteiger partial charge in [-0.05, 0) is 43.0 Å². The number of aromatic nitrogens is 1. The molecule has 0 radical (unpaired) electrons. The molecular weight excluding hydrogens is 231 g/mol. The summed E-state index contributed by atoms with van der Waals surface area (Å²) < 4.78 is 18.2. The van der Waals surface area contributed by atoms with Gasteiger partial charge < -0.3 is 10.3 Å². The molecule has 2 aromatic rings. The summed E-state index contributed by atoms with van der Waals surface area (Å²) >= 11 is 0. The van der Waals surface area contributed by atoms with E-state index in [4.69, 9.17) is 10.3 Å². The van der Waals surface area contributed by atoms with Crippen molar-refractivity contribution in [1.29, 1.82) is 0 Å². The fraction of sp³-hybridized carbons (Fsp3) is 0.357. The number of nitrogens with zero attached hydrogens (tertiary/aromatic N) is 1. The van der Waals surface area contributed by atoms with Crippen LogP contribution >= 0.6 is 0 Å². The van der Waals surface area contributed by atoms with E-state index < -0.39 is 0 Å². The zero-order valence-corrected chi connectivity index (χ0v) is 10.8. The van der Waals surface area contributed by atoms with Crippen molar-refractivity contribution in [3.63, 3.8) is 0 Å². The molecule has 96 valence electrons. The van der Waals surface area contributed by atoms with Crippen LogP contribution in [-0.4, -0.2) is 5.16 Å². The Morgan fingerprint density at radius 3 is 2.72 bits per heavy atom. The molecule has 0 fully saturated rings. The average Bonchev–Trinajstić information content (AvgIpc) is 2.60. The highest BCUT2D eigenvalue weighted by atomic mass is 19.1. The fourth-order valence-corrected chi connectivity index (χ4v) is 2.03. The minimum Gasteiger partial charge on any atom is -0.367 e. The molecule has 0 aliphatic heterocycles. The minimum atomic E-state index is -0.252. The van der Waals surface area contributed by atoms with Gasteiger partial charge in [0.15, 0.2) is 0 Å². The van der Waals surface area contributed by atoms with Gasteiger partial charge in [-0.2, -0.15) is 0 Å². The number of hydrogen-bond acceptors (Lipinski definition) is 3. The number of anilines is 1. The van der Waals surface area contributed by atoms with Gasteiger partial charge in [-0.1, -0.05) is 19.0 Å². The number of halogens is 1. The Morgan fingerprint density at radius 2 is 2.11 bits per heavy atom. The highest BCUT2D eigenvalue weighted by Crippen LogP contribution is 2.31. The SMILES string of the molecule is Cc1cc(F)ccc1-c1noc(N)c1CC(C)C. The Kier molecular flexibility index (Phi) is 3.36. The molecule has 3 nitrogen and oxygen atoms in total. The summed E-state index contributed by atoms with van der Waals surface area (Å²) in [5, 5.41) is 4.01. The van der Waals surface area contributed by atoms with Crippen LogP contribution in [0.5, 0.6) is 0 Å². The van der Waals surface area contributed by atoms with Gasteiger partial charge in [-0.25, -0.2) is 4.39 Å². The Balaban J connectivity index is 2.50. The lowest BCUT2D eigenvalue weighted by Crippen LogP contribution is -1.99. The van der Waals surface area contributed by atoms with Crippen molar-refractivity contribution in [3.8, 4) is 11.3 Å². The summed E-state index contributed by atoms with van der Waals surface area (Å²) in [5.41, 5.74) is 9.12. The highest BCUT2D eigenvalue weighted by Gasteiger charge is 2.18. The predicted molar refractivity (Wildman–Crippen MR) is 69.6 cm³/mol. The Bertz CT molecular complexity index is 561. The van der Waals surface area contributed by atoms with Gasteiger partial charge in [0.05, 0.1) is 0 Å². The maximum atomic E-state index is 13.1. The summed E-state index contributed by atoms with van der Waals surface area (Å²) in [5.74, 6) is 0.548. The summed E-state index contributed by atoms with van der Waals surface area (Å²) in [6.45, 7) is 6.06. The van der Waals surface area contributed by atoms with E-state index in [0.29, 0.717) is 11.8 Å². The van der Waals surface area contributed by atoms with Crippen molar-refractivity contribution in [2.24, 2.45) is 5.92 Å². The molecule has 4 heteroatoms. The van der Waals surface area contributed by atoms with Crippen LogP contribution in [0.1, 0.15) is 25.0 Å². The van der Waals surface area contributed by atoms with Gasteiger partial charge in [-0.15, -0.1) is 0 Å². The van der Waals surface area contributed by atoms with E-state index >= 15 is 0 Å². The normalized spacial score (nSPS) is 11.2. The fourth-order valence-electron chi connectivity index (χ4n) is 2.03. The van der Waals surface area contributed by atoms with Gasteiger partial charge in [0.1, 0.15) is 11.5 Å². The molecule has 1 heterocycles. The molecule has 0 bridgehead atoms. The highest BCUT2D eigenvalue weighted by molar-refractivity contribution is 5.69. The first-order valence-electron chi connectivity index (χ1n) is 5.99. The van der Waals surface area contributed by atoms with Crippen LogP contribution in [0, 0.1) is 18.7 Å². The van der Waals surface area contributed by atoms with Gasteiger partial charge in [0.2, 0.25) is 5.88 Å². The maximum Gasteiger partial charge on any atom is 0.225 e. The van der Waals surface area contributed by atoms with Crippen LogP contribution < -0.4 is 5.73 Å². The lowest BCUT2D eigenvalue weighted by atomic mass is 9.97. The second kappa shape index (κ2) is 4.80. The number of rotatable bonds is 3. The first-order chi connectivity index (χ1) is 8.49. The molecule has 1 aromatic heterocycles. The Hall–Kier alpha value is -1.84. The molecule has 2 N–H and O–H groups in total. The van der Waals surface area contributed by atoms with Gasteiger partial charge in [0.25, 0.3) is 0 Å². The molecular formula is C14H17FN2O. The van der Waals surface area contributed by atoms with Gasteiger partial charge in [0, 0.05) is 11.1 Å². The first-order valence-corrected chi connectivity index (χ1v) is 5.99. The third-order valence-electron chi connectivity index (χ3n) is 2.87. The van der Waals surface area contributed by atoms with Crippen molar-refractivity contribution in [2.45, 2.75) is 27.2 Å². The van der Waals surface area contributed by atoms with E-state index in [1.54, 1.807) is 6.07 Å². The second-order valence-electron chi connectivity index (χ2n) is 4.93. The molecule has 0 unspecified atom stereocenters. The number of benzene rings is 1. The van der Waals surface area contributed by atoms with Crippen molar-refractivity contribution < 1.29 is 8.91 Å². The molecule has 0 aliphatic rings. The van der Waals surface area contributed by atoms with Gasteiger partial charge in [-0.3, -0.25) is 0 Å². The summed E-state index contributed by atoms with van der Waals surface area (Å²) in [6.07, 6.45) is 0.793. The van der Waals surface area contributed by atoms with Crippen molar-refractivity contribution >= 4 is 5.88 Å². The van der Waals surface area contributed by atoms with E-state index in [-0.39, 0.29) is 5.82 Å². The van der Waals surface area contributed by atoms with E-state index in [1.807, 2.05) is 6.92 Å². The zero-order chi connectivity index (χ0) is 13.3. The molecule has 1 aromatic carbocycles. The number of hydrogen-bond donors (Lipinski definition) is 1. The van der Waals surface area contributed by atoms with Crippen LogP contribution in [0.2, 0.25) is 0 Å². The Labute approximate surface area is 106 Å². The quantitative estimate of drug-likeness (QED) is 0.903. The maximum absolute atomic E-state index is 13.1. The third-order valence-corrected chi connectivity index (χ3v) is 2.87. The van der Waals surface area contributed by atoms with Crippen molar-refractivity contribution in [2.75, 3.05) is 5.73 Å². The van der Waals surface area contributed by atoms with Crippen LogP contribution in [0.4, 0.5) is 10.3 Å². The number of nitrogens with two attached hydrogens (primary N) is 1. The molecule has 0 saturated heterocycles. The smallest absolute Gasteiger partial charge is 0.225 e. The monoisotopic (exact) mass is 248 g/mol. The molecule has 0 atom stereocenters. The van der Waals surface area contributed by atoms with E-state index in [9.17, 15) is 4.39 Å². The van der Waals surface area contributed by atoms with E-state index in [1.165, 1.54) is 12.1 Å². The zero-order valence-electron chi connectivity index (χ0n) is 10.8. The lowest BCUT2D eigenvalue weighted by Gasteiger charge is -2.07. The van der Waals surface area contributed by atoms with Crippen LogP contribution in [-0.2, 0) is 6.42 Å². The summed E-state index contributed by atoms with van der Waals surface area (Å²) in [7, 11) is 0. The number of aryl methyl sites for hydroxylation is 1. The van der Waals surface area contributed by atoms with Crippen LogP contribution in [0.25, 0.3) is 11.3 Å². The lowest BCUT2D eigenvalue weighted by molar-refractivity contribution is 0.438. The van der Waals surface area contributed by atoms with E-state index in [2.05, 4.69) is 19.0 Å². The molecule has 0 aliphatic carbocycles. The molecule has 0 amide bonds. The van der Waals surface area contributed by atoms with Crippen LogP contribution in [0.15, 0.2) is 22.7 Å². The topological polar surface area (TPSA) is 52.0 Å². The molecule has 0 saturated carbocycles. The third kappa shape index (κ3) is 2.37. The van der Waals surface area contributed by atoms with Crippen molar-refractivity contribution in [1.82, 2.24) is 5.16 Å². The second-order valence-corrected chi connectivity index (χ2v) is 4.93. The Morgan fingerprint density at radius 1 is 1.39 bits per heavy atom. The average molecular weight is 248 g/mol. The summed E-state index contributed by atoms with van der Waals surface area (Å²) in [4.78, 5) is 0. The largest absolute Gasteiger partial charge is 0.367 e. The standard InChI is InChI=1S/C14H17FN2O/c1-8(2)6-12-13(17-18-14(12)16)11-5-4-10(15)7-9(11)3/h4-5,7-8H,6,16H2,1-3H3. The molecule has 2 rings (SSSR count). The van der Waals surface area contributed by atoms with Crippen LogP contribution in [0.3, 0.4) is 0 Å². The summed E-state index contributed by atoms with van der Waals surface area (Å²) in [6, 6.07) is 4.62. The van der Waals surface area contributed by atoms with Gasteiger partial charge >= 0.3 is 0 Å². The first kappa shape index (κ1) is 12.6.